The lowest BCUT2D eigenvalue weighted by Gasteiger charge is -2.25. The molecule has 0 spiro atoms. The Morgan fingerprint density at radius 2 is 1.81 bits per heavy atom. The molecule has 2 aromatic rings. The second kappa shape index (κ2) is 8.37. The van der Waals surface area contributed by atoms with Crippen LogP contribution in [-0.2, 0) is 16.1 Å². The number of rotatable bonds is 7. The fourth-order valence-corrected chi connectivity index (χ4v) is 2.77. The average molecular weight is 374 g/mol. The molecular formula is C21H27FN2O3. The van der Waals surface area contributed by atoms with Gasteiger partial charge in [0.25, 0.3) is 0 Å². The third-order valence-electron chi connectivity index (χ3n) is 4.67. The minimum absolute atomic E-state index is 0.0569. The van der Waals surface area contributed by atoms with Crippen LogP contribution in [0, 0.1) is 12.7 Å². The molecule has 1 heterocycles. The molecule has 0 unspecified atom stereocenters. The average Bonchev–Trinajstić information content (AvgIpc) is 2.92. The van der Waals surface area contributed by atoms with E-state index >= 15 is 0 Å². The molecule has 1 aromatic carbocycles. The molecule has 27 heavy (non-hydrogen) atoms. The topological polar surface area (TPSA) is 60.3 Å². The van der Waals surface area contributed by atoms with Gasteiger partial charge in [0.2, 0.25) is 5.91 Å². The zero-order valence-corrected chi connectivity index (χ0v) is 16.6. The van der Waals surface area contributed by atoms with E-state index in [2.05, 4.69) is 5.32 Å². The minimum atomic E-state index is -0.439. The van der Waals surface area contributed by atoms with Crippen molar-refractivity contribution in [1.29, 1.82) is 0 Å². The number of nitrogens with zero attached hydrogens (tertiary/aromatic N) is 1. The van der Waals surface area contributed by atoms with Crippen LogP contribution in [0.15, 0.2) is 30.3 Å². The first-order valence-electron chi connectivity index (χ1n) is 9.12. The Hall–Kier alpha value is -2.63. The van der Waals surface area contributed by atoms with Crippen LogP contribution < -0.4 is 5.32 Å². The van der Waals surface area contributed by atoms with Crippen molar-refractivity contribution >= 4 is 11.9 Å². The van der Waals surface area contributed by atoms with Crippen molar-refractivity contribution in [2.45, 2.75) is 53.1 Å². The molecule has 0 saturated carbocycles. The van der Waals surface area contributed by atoms with Gasteiger partial charge in [-0.2, -0.15) is 0 Å². The lowest BCUT2D eigenvalue weighted by molar-refractivity contribution is -0.123. The molecule has 5 nitrogen and oxygen atoms in total. The first-order valence-corrected chi connectivity index (χ1v) is 9.12. The van der Waals surface area contributed by atoms with Gasteiger partial charge in [-0.25, -0.2) is 9.18 Å². The summed E-state index contributed by atoms with van der Waals surface area (Å²) >= 11 is 0. The van der Waals surface area contributed by atoms with Crippen molar-refractivity contribution in [3.63, 3.8) is 0 Å². The number of amides is 1. The van der Waals surface area contributed by atoms with Crippen molar-refractivity contribution in [3.05, 3.63) is 47.4 Å². The van der Waals surface area contributed by atoms with E-state index < -0.39 is 5.97 Å². The summed E-state index contributed by atoms with van der Waals surface area (Å²) < 4.78 is 20.2. The van der Waals surface area contributed by atoms with Crippen LogP contribution in [-0.4, -0.2) is 28.6 Å². The molecule has 0 atom stereocenters. The van der Waals surface area contributed by atoms with E-state index in [-0.39, 0.29) is 30.4 Å². The highest BCUT2D eigenvalue weighted by Gasteiger charge is 2.23. The number of hydrogen-bond acceptors (Lipinski definition) is 3. The molecule has 0 radical (unpaired) electrons. The third-order valence-corrected chi connectivity index (χ3v) is 4.67. The van der Waals surface area contributed by atoms with Gasteiger partial charge in [0, 0.05) is 16.9 Å². The molecule has 0 aliphatic carbocycles. The number of esters is 1. The predicted octanol–water partition coefficient (Wildman–Crippen LogP) is 4.08. The van der Waals surface area contributed by atoms with Crippen LogP contribution >= 0.6 is 0 Å². The van der Waals surface area contributed by atoms with E-state index in [1.54, 1.807) is 36.6 Å². The zero-order chi connectivity index (χ0) is 20.2. The molecule has 1 N–H and O–H groups in total. The summed E-state index contributed by atoms with van der Waals surface area (Å²) in [4.78, 5) is 24.9. The number of halogens is 1. The van der Waals surface area contributed by atoms with Crippen LogP contribution in [0.5, 0.6) is 0 Å². The first-order chi connectivity index (χ1) is 12.7. The third kappa shape index (κ3) is 4.96. The number of aromatic nitrogens is 1. The number of hydrogen-bond donors (Lipinski definition) is 1. The number of carbonyl (C=O) groups is 2. The summed E-state index contributed by atoms with van der Waals surface area (Å²) in [5, 5.41) is 3.00. The summed E-state index contributed by atoms with van der Waals surface area (Å²) in [5.41, 5.74) is 2.10. The van der Waals surface area contributed by atoms with E-state index in [1.165, 1.54) is 12.1 Å². The lowest BCUT2D eigenvalue weighted by atomic mass is 10.0. The first kappa shape index (κ1) is 20.7. The predicted molar refractivity (Wildman–Crippen MR) is 103 cm³/mol. The van der Waals surface area contributed by atoms with E-state index in [9.17, 15) is 14.0 Å². The van der Waals surface area contributed by atoms with Gasteiger partial charge in [0.1, 0.15) is 12.4 Å². The van der Waals surface area contributed by atoms with Crippen LogP contribution in [0.25, 0.3) is 11.3 Å². The maximum absolute atomic E-state index is 13.3. The van der Waals surface area contributed by atoms with E-state index in [4.69, 9.17) is 4.74 Å². The Balaban J connectivity index is 2.45. The van der Waals surface area contributed by atoms with Gasteiger partial charge in [0.15, 0.2) is 0 Å². The molecule has 2 rings (SSSR count). The number of benzene rings is 1. The highest BCUT2D eigenvalue weighted by molar-refractivity contribution is 5.93. The smallest absolute Gasteiger partial charge is 0.339 e. The van der Waals surface area contributed by atoms with Crippen LogP contribution in [0.1, 0.15) is 50.2 Å². The molecule has 0 aliphatic rings. The Kier molecular flexibility index (Phi) is 6.41. The summed E-state index contributed by atoms with van der Waals surface area (Å²) in [5.74, 6) is -0.938. The molecule has 1 amide bonds. The molecule has 6 heteroatoms. The van der Waals surface area contributed by atoms with Crippen molar-refractivity contribution in [2.75, 3.05) is 6.61 Å². The maximum atomic E-state index is 13.3. The Bertz CT molecular complexity index is 823. The summed E-state index contributed by atoms with van der Waals surface area (Å²) in [6.45, 7) is 9.76. The Labute approximate surface area is 159 Å². The highest BCUT2D eigenvalue weighted by atomic mass is 19.1. The van der Waals surface area contributed by atoms with Gasteiger partial charge in [-0.15, -0.1) is 0 Å². The summed E-state index contributed by atoms with van der Waals surface area (Å²) in [7, 11) is 0. The number of carbonyl (C=O) groups excluding carboxylic acids is 2. The van der Waals surface area contributed by atoms with Gasteiger partial charge < -0.3 is 14.6 Å². The fourth-order valence-electron chi connectivity index (χ4n) is 2.77. The summed E-state index contributed by atoms with van der Waals surface area (Å²) in [6.07, 6.45) is 0.794. The lowest BCUT2D eigenvalue weighted by Crippen LogP contribution is -2.44. The van der Waals surface area contributed by atoms with Gasteiger partial charge in [-0.1, -0.05) is 6.92 Å². The SMILES string of the molecule is CCOC(=O)c1cc(-c2ccc(F)cc2)n(CC(=O)NC(C)(C)CC)c1C. The molecular weight excluding hydrogens is 347 g/mol. The number of nitrogens with one attached hydrogen (secondary N) is 1. The van der Waals surface area contributed by atoms with E-state index in [0.29, 0.717) is 17.0 Å². The van der Waals surface area contributed by atoms with Crippen molar-refractivity contribution in [2.24, 2.45) is 0 Å². The van der Waals surface area contributed by atoms with Gasteiger partial charge in [-0.05, 0) is 70.0 Å². The molecule has 1 aromatic heterocycles. The van der Waals surface area contributed by atoms with Crippen LogP contribution in [0.4, 0.5) is 4.39 Å². The molecule has 0 fully saturated rings. The van der Waals surface area contributed by atoms with E-state index in [0.717, 1.165) is 12.0 Å². The maximum Gasteiger partial charge on any atom is 0.339 e. The van der Waals surface area contributed by atoms with Crippen LogP contribution in [0.3, 0.4) is 0 Å². The fraction of sp³-hybridized carbons (Fsp3) is 0.429. The standard InChI is InChI=1S/C21H27FN2O3/c1-6-21(4,5)23-19(25)13-24-14(3)17(20(26)27-7-2)12-18(24)15-8-10-16(22)11-9-15/h8-12H,6-7,13H2,1-5H3,(H,23,25). The molecule has 0 saturated heterocycles. The van der Waals surface area contributed by atoms with Crippen molar-refractivity contribution in [3.8, 4) is 11.3 Å². The molecule has 146 valence electrons. The number of ether oxygens (including phenoxy) is 1. The second-order valence-electron chi connectivity index (χ2n) is 7.13. The van der Waals surface area contributed by atoms with E-state index in [1.807, 2.05) is 20.8 Å². The molecule has 0 aliphatic heterocycles. The minimum Gasteiger partial charge on any atom is -0.462 e. The molecule has 0 bridgehead atoms. The van der Waals surface area contributed by atoms with Crippen molar-refractivity contribution in [1.82, 2.24) is 9.88 Å². The monoisotopic (exact) mass is 374 g/mol. The largest absolute Gasteiger partial charge is 0.462 e. The van der Waals surface area contributed by atoms with Gasteiger partial charge in [-0.3, -0.25) is 4.79 Å². The quantitative estimate of drug-likeness (QED) is 0.743. The van der Waals surface area contributed by atoms with Crippen molar-refractivity contribution < 1.29 is 18.7 Å². The van der Waals surface area contributed by atoms with Gasteiger partial charge in [0.05, 0.1) is 12.2 Å². The Morgan fingerprint density at radius 1 is 1.19 bits per heavy atom. The van der Waals surface area contributed by atoms with Gasteiger partial charge >= 0.3 is 5.97 Å². The zero-order valence-electron chi connectivity index (χ0n) is 16.6. The summed E-state index contributed by atoms with van der Waals surface area (Å²) in [6, 6.07) is 7.66. The normalized spacial score (nSPS) is 11.3. The van der Waals surface area contributed by atoms with Crippen LogP contribution in [0.2, 0.25) is 0 Å². The second-order valence-corrected chi connectivity index (χ2v) is 7.13. The highest BCUT2D eigenvalue weighted by Crippen LogP contribution is 2.27. The Morgan fingerprint density at radius 3 is 2.37 bits per heavy atom.